The Balaban J connectivity index is 2.68. The highest BCUT2D eigenvalue weighted by atomic mass is 19.2. The monoisotopic (exact) mass is 183 g/mol. The molecule has 0 aliphatic rings. The van der Waals surface area contributed by atoms with Crippen LogP contribution in [0.2, 0.25) is 0 Å². The molecule has 0 N–H and O–H groups in total. The van der Waals surface area contributed by atoms with Crippen molar-refractivity contribution in [3.05, 3.63) is 45.8 Å². The zero-order valence-electron chi connectivity index (χ0n) is 6.74. The van der Waals surface area contributed by atoms with Gasteiger partial charge < -0.3 is 0 Å². The van der Waals surface area contributed by atoms with E-state index in [0.29, 0.717) is 12.0 Å². The number of nitrogens with zero attached hydrogens (tertiary/aromatic N) is 3. The molecule has 0 saturated carbocycles. The molecule has 3 nitrogen and oxygen atoms in total. The average Bonchev–Trinajstić information content (AvgIpc) is 2.12. The van der Waals surface area contributed by atoms with Crippen LogP contribution in [0.15, 0.2) is 23.3 Å². The van der Waals surface area contributed by atoms with Gasteiger partial charge in [-0.05, 0) is 29.6 Å². The van der Waals surface area contributed by atoms with Gasteiger partial charge in [0.05, 0.1) is 0 Å². The molecule has 0 atom stereocenters. The maximum atomic E-state index is 12.6. The normalized spacial score (nSPS) is 9.38. The second-order valence-corrected chi connectivity index (χ2v) is 2.45. The Labute approximate surface area is 73.6 Å². The quantitative estimate of drug-likeness (QED) is 0.393. The number of rotatable bonds is 3. The van der Waals surface area contributed by atoms with Gasteiger partial charge in [-0.2, -0.15) is 0 Å². The Bertz CT molecular complexity index is 345. The van der Waals surface area contributed by atoms with E-state index >= 15 is 0 Å². The molecular formula is C8H7F2N3. The topological polar surface area (TPSA) is 48.8 Å². The van der Waals surface area contributed by atoms with Gasteiger partial charge in [0.25, 0.3) is 0 Å². The highest BCUT2D eigenvalue weighted by Crippen LogP contribution is 2.09. The summed E-state index contributed by atoms with van der Waals surface area (Å²) in [5, 5.41) is 3.28. The maximum Gasteiger partial charge on any atom is 0.159 e. The van der Waals surface area contributed by atoms with Crippen LogP contribution in [0.5, 0.6) is 0 Å². The van der Waals surface area contributed by atoms with Crippen molar-refractivity contribution in [1.82, 2.24) is 0 Å². The van der Waals surface area contributed by atoms with Gasteiger partial charge in [0.2, 0.25) is 0 Å². The molecule has 0 radical (unpaired) electrons. The van der Waals surface area contributed by atoms with Gasteiger partial charge in [-0.3, -0.25) is 0 Å². The van der Waals surface area contributed by atoms with Crippen molar-refractivity contribution < 1.29 is 8.78 Å². The Hall–Kier alpha value is -1.61. The summed E-state index contributed by atoms with van der Waals surface area (Å²) in [5.74, 6) is -1.74. The van der Waals surface area contributed by atoms with Crippen LogP contribution < -0.4 is 0 Å². The van der Waals surface area contributed by atoms with Crippen LogP contribution in [0.4, 0.5) is 8.78 Å². The van der Waals surface area contributed by atoms with Crippen LogP contribution >= 0.6 is 0 Å². The molecule has 0 bridgehead atoms. The second kappa shape index (κ2) is 4.42. The van der Waals surface area contributed by atoms with Gasteiger partial charge in [0.15, 0.2) is 11.6 Å². The zero-order valence-corrected chi connectivity index (χ0v) is 6.74. The molecule has 68 valence electrons. The van der Waals surface area contributed by atoms with E-state index in [1.54, 1.807) is 0 Å². The molecule has 1 rings (SSSR count). The molecule has 0 saturated heterocycles. The Morgan fingerprint density at radius 3 is 2.69 bits per heavy atom. The van der Waals surface area contributed by atoms with Gasteiger partial charge in [-0.15, -0.1) is 0 Å². The first-order valence-corrected chi connectivity index (χ1v) is 3.69. The summed E-state index contributed by atoms with van der Waals surface area (Å²) >= 11 is 0. The lowest BCUT2D eigenvalue weighted by atomic mass is 10.1. The van der Waals surface area contributed by atoms with E-state index in [1.807, 2.05) is 0 Å². The predicted molar refractivity (Wildman–Crippen MR) is 44.1 cm³/mol. The lowest BCUT2D eigenvalue weighted by Crippen LogP contribution is -1.91. The minimum Gasteiger partial charge on any atom is -0.204 e. The van der Waals surface area contributed by atoms with E-state index in [9.17, 15) is 8.78 Å². The van der Waals surface area contributed by atoms with Crippen molar-refractivity contribution in [2.75, 3.05) is 6.54 Å². The molecule has 5 heteroatoms. The van der Waals surface area contributed by atoms with Crippen molar-refractivity contribution in [2.24, 2.45) is 5.11 Å². The number of azide groups is 1. The number of halogens is 2. The van der Waals surface area contributed by atoms with Gasteiger partial charge in [0, 0.05) is 11.5 Å². The van der Waals surface area contributed by atoms with Crippen molar-refractivity contribution in [1.29, 1.82) is 0 Å². The van der Waals surface area contributed by atoms with E-state index in [-0.39, 0.29) is 6.54 Å². The third kappa shape index (κ3) is 2.72. The summed E-state index contributed by atoms with van der Waals surface area (Å²) in [6, 6.07) is 3.62. The Morgan fingerprint density at radius 1 is 1.31 bits per heavy atom. The first kappa shape index (κ1) is 9.48. The smallest absolute Gasteiger partial charge is 0.159 e. The lowest BCUT2D eigenvalue weighted by Gasteiger charge is -1.98. The van der Waals surface area contributed by atoms with Gasteiger partial charge in [-0.1, -0.05) is 11.2 Å². The largest absolute Gasteiger partial charge is 0.204 e. The molecule has 0 fully saturated rings. The summed E-state index contributed by atoms with van der Waals surface area (Å²) in [7, 11) is 0. The number of benzene rings is 1. The van der Waals surface area contributed by atoms with Crippen molar-refractivity contribution in [2.45, 2.75) is 6.42 Å². The van der Waals surface area contributed by atoms with Gasteiger partial charge in [0.1, 0.15) is 0 Å². The fourth-order valence-electron chi connectivity index (χ4n) is 0.919. The molecule has 0 amide bonds. The number of hydrogen-bond acceptors (Lipinski definition) is 1. The van der Waals surface area contributed by atoms with E-state index in [1.165, 1.54) is 6.07 Å². The molecule has 0 aromatic heterocycles. The third-order valence-corrected chi connectivity index (χ3v) is 1.55. The highest BCUT2D eigenvalue weighted by molar-refractivity contribution is 5.17. The van der Waals surface area contributed by atoms with E-state index in [2.05, 4.69) is 10.0 Å². The summed E-state index contributed by atoms with van der Waals surface area (Å²) in [5.41, 5.74) is 8.58. The van der Waals surface area contributed by atoms with Crippen LogP contribution in [0.1, 0.15) is 5.56 Å². The van der Waals surface area contributed by atoms with Crippen LogP contribution in [0.3, 0.4) is 0 Å². The van der Waals surface area contributed by atoms with Gasteiger partial charge in [-0.25, -0.2) is 8.78 Å². The minimum atomic E-state index is -0.876. The SMILES string of the molecule is [N-]=[N+]=NCCc1ccc(F)c(F)c1. The average molecular weight is 183 g/mol. The zero-order chi connectivity index (χ0) is 9.68. The standard InChI is InChI=1S/C8H7F2N3/c9-7-2-1-6(5-8(7)10)3-4-12-13-11/h1-2,5H,3-4H2. The summed E-state index contributed by atoms with van der Waals surface area (Å²) in [6.07, 6.45) is 0.418. The summed E-state index contributed by atoms with van der Waals surface area (Å²) in [4.78, 5) is 2.55. The van der Waals surface area contributed by atoms with E-state index in [0.717, 1.165) is 12.1 Å². The van der Waals surface area contributed by atoms with Crippen molar-refractivity contribution >= 4 is 0 Å². The van der Waals surface area contributed by atoms with Crippen molar-refractivity contribution in [3.63, 3.8) is 0 Å². The van der Waals surface area contributed by atoms with Crippen LogP contribution in [-0.4, -0.2) is 6.54 Å². The van der Waals surface area contributed by atoms with E-state index in [4.69, 9.17) is 5.53 Å². The third-order valence-electron chi connectivity index (χ3n) is 1.55. The highest BCUT2D eigenvalue weighted by Gasteiger charge is 2.01. The Kier molecular flexibility index (Phi) is 3.23. The molecule has 13 heavy (non-hydrogen) atoms. The number of hydrogen-bond donors (Lipinski definition) is 0. The minimum absolute atomic E-state index is 0.252. The summed E-state index contributed by atoms with van der Waals surface area (Å²) in [6.45, 7) is 0.252. The molecular weight excluding hydrogens is 176 g/mol. The molecule has 0 unspecified atom stereocenters. The van der Waals surface area contributed by atoms with Crippen LogP contribution in [0, 0.1) is 11.6 Å². The lowest BCUT2D eigenvalue weighted by molar-refractivity contribution is 0.507. The van der Waals surface area contributed by atoms with E-state index < -0.39 is 11.6 Å². The van der Waals surface area contributed by atoms with Crippen molar-refractivity contribution in [3.8, 4) is 0 Å². The predicted octanol–water partition coefficient (Wildman–Crippen LogP) is 2.82. The van der Waals surface area contributed by atoms with Gasteiger partial charge >= 0.3 is 0 Å². The summed E-state index contributed by atoms with van der Waals surface area (Å²) < 4.78 is 25.0. The molecule has 0 heterocycles. The second-order valence-electron chi connectivity index (χ2n) is 2.45. The first-order chi connectivity index (χ1) is 6.24. The molecule has 0 aliphatic heterocycles. The molecule has 0 aliphatic carbocycles. The maximum absolute atomic E-state index is 12.6. The Morgan fingerprint density at radius 2 is 2.08 bits per heavy atom. The van der Waals surface area contributed by atoms with Crippen LogP contribution in [0.25, 0.3) is 10.4 Å². The molecule has 1 aromatic carbocycles. The fraction of sp³-hybridized carbons (Fsp3) is 0.250. The molecule has 1 aromatic rings. The first-order valence-electron chi connectivity index (χ1n) is 3.69. The van der Waals surface area contributed by atoms with Crippen LogP contribution in [-0.2, 0) is 6.42 Å². The fourth-order valence-corrected chi connectivity index (χ4v) is 0.919. The molecule has 0 spiro atoms.